The van der Waals surface area contributed by atoms with E-state index in [1.54, 1.807) is 18.2 Å². The lowest BCUT2D eigenvalue weighted by Gasteiger charge is -2.06. The Morgan fingerprint density at radius 1 is 1.50 bits per heavy atom. The number of carbonyl (C=O) groups is 1. The highest BCUT2D eigenvalue weighted by Gasteiger charge is 2.06. The maximum absolute atomic E-state index is 11.8. The summed E-state index contributed by atoms with van der Waals surface area (Å²) in [6, 6.07) is 5.18. The van der Waals surface area contributed by atoms with Crippen molar-refractivity contribution in [3.8, 4) is 0 Å². The monoisotopic (exact) mass is 269 g/mol. The quantitative estimate of drug-likeness (QED) is 0.251. The van der Waals surface area contributed by atoms with Crippen molar-refractivity contribution in [2.24, 2.45) is 10.9 Å². The van der Waals surface area contributed by atoms with Gasteiger partial charge in [0.25, 0.3) is 5.91 Å². The van der Waals surface area contributed by atoms with Gasteiger partial charge in [-0.3, -0.25) is 4.79 Å². The Labute approximate surface area is 111 Å². The van der Waals surface area contributed by atoms with Crippen molar-refractivity contribution in [1.82, 2.24) is 5.32 Å². The highest BCUT2D eigenvalue weighted by Crippen LogP contribution is 2.14. The Bertz CT molecular complexity index is 440. The van der Waals surface area contributed by atoms with E-state index in [1.165, 1.54) is 0 Å². The van der Waals surface area contributed by atoms with Crippen LogP contribution in [0.4, 0.5) is 0 Å². The van der Waals surface area contributed by atoms with Crippen molar-refractivity contribution in [3.05, 3.63) is 34.3 Å². The Morgan fingerprint density at radius 3 is 2.83 bits per heavy atom. The fourth-order valence-corrected chi connectivity index (χ4v) is 1.78. The molecule has 1 aromatic rings. The summed E-state index contributed by atoms with van der Waals surface area (Å²) in [5.41, 5.74) is 6.78. The van der Waals surface area contributed by atoms with Gasteiger partial charge in [-0.15, -0.1) is 0 Å². The Morgan fingerprint density at radius 2 is 2.22 bits per heavy atom. The first-order valence-electron chi connectivity index (χ1n) is 5.54. The van der Waals surface area contributed by atoms with E-state index in [4.69, 9.17) is 22.5 Å². The van der Waals surface area contributed by atoms with Gasteiger partial charge in [0.1, 0.15) is 5.84 Å². The number of carbonyl (C=O) groups excluding carboxylic acids is 1. The number of halogens is 1. The number of nitrogens with one attached hydrogen (secondary N) is 1. The number of rotatable bonds is 5. The van der Waals surface area contributed by atoms with Gasteiger partial charge in [-0.1, -0.05) is 16.8 Å². The molecule has 0 heterocycles. The third-order valence-corrected chi connectivity index (χ3v) is 2.55. The summed E-state index contributed by atoms with van der Waals surface area (Å²) in [5.74, 6) is -0.0250. The molecule has 0 saturated carbocycles. The second kappa shape index (κ2) is 6.86. The number of nitrogens with zero attached hydrogens (tertiary/aromatic N) is 1. The molecule has 0 radical (unpaired) electrons. The van der Waals surface area contributed by atoms with E-state index in [0.29, 0.717) is 30.0 Å². The maximum atomic E-state index is 11.8. The maximum Gasteiger partial charge on any atom is 0.251 e. The summed E-state index contributed by atoms with van der Waals surface area (Å²) in [6.45, 7) is 2.34. The first-order chi connectivity index (χ1) is 8.52. The van der Waals surface area contributed by atoms with E-state index < -0.39 is 0 Å². The number of aryl methyl sites for hydroxylation is 1. The smallest absolute Gasteiger partial charge is 0.251 e. The second-order valence-corrected chi connectivity index (χ2v) is 4.40. The molecule has 0 atom stereocenters. The van der Waals surface area contributed by atoms with E-state index in [0.717, 1.165) is 5.56 Å². The average Bonchev–Trinajstić information content (AvgIpc) is 2.32. The Hall–Kier alpha value is -1.75. The average molecular weight is 270 g/mol. The zero-order valence-corrected chi connectivity index (χ0v) is 10.9. The van der Waals surface area contributed by atoms with Crippen LogP contribution in [0.15, 0.2) is 23.4 Å². The van der Waals surface area contributed by atoms with Gasteiger partial charge in [0.2, 0.25) is 0 Å². The molecule has 0 aliphatic heterocycles. The zero-order valence-electron chi connectivity index (χ0n) is 10.1. The van der Waals surface area contributed by atoms with Crippen molar-refractivity contribution < 1.29 is 10.0 Å². The molecular formula is C12H16ClN3O2. The van der Waals surface area contributed by atoms with E-state index in [1.807, 2.05) is 6.92 Å². The summed E-state index contributed by atoms with van der Waals surface area (Å²) in [4.78, 5) is 11.8. The fourth-order valence-electron chi connectivity index (χ4n) is 1.49. The van der Waals surface area contributed by atoms with Gasteiger partial charge in [-0.2, -0.15) is 0 Å². The summed E-state index contributed by atoms with van der Waals surface area (Å²) in [6.07, 6.45) is 1.05. The van der Waals surface area contributed by atoms with Crippen molar-refractivity contribution in [2.75, 3.05) is 6.54 Å². The molecule has 0 aromatic heterocycles. The van der Waals surface area contributed by atoms with E-state index in [2.05, 4.69) is 10.5 Å². The predicted molar refractivity (Wildman–Crippen MR) is 71.2 cm³/mol. The van der Waals surface area contributed by atoms with Gasteiger partial charge in [0.05, 0.1) is 0 Å². The molecule has 4 N–H and O–H groups in total. The van der Waals surface area contributed by atoms with Crippen molar-refractivity contribution in [3.63, 3.8) is 0 Å². The van der Waals surface area contributed by atoms with Gasteiger partial charge in [0.15, 0.2) is 0 Å². The minimum absolute atomic E-state index is 0.155. The third-order valence-electron chi connectivity index (χ3n) is 2.33. The molecule has 0 saturated heterocycles. The first-order valence-corrected chi connectivity index (χ1v) is 5.92. The highest BCUT2D eigenvalue weighted by molar-refractivity contribution is 6.31. The zero-order chi connectivity index (χ0) is 13.5. The minimum atomic E-state index is -0.180. The van der Waals surface area contributed by atoms with Crippen LogP contribution in [0.1, 0.15) is 28.8 Å². The Balaban J connectivity index is 2.46. The number of hydrogen-bond acceptors (Lipinski definition) is 3. The van der Waals surface area contributed by atoms with Crippen LogP contribution in [0.25, 0.3) is 0 Å². The molecule has 0 bridgehead atoms. The van der Waals surface area contributed by atoms with Crippen molar-refractivity contribution in [2.45, 2.75) is 19.8 Å². The highest BCUT2D eigenvalue weighted by atomic mass is 35.5. The molecule has 0 fully saturated rings. The van der Waals surface area contributed by atoms with Crippen LogP contribution in [0.5, 0.6) is 0 Å². The topological polar surface area (TPSA) is 87.7 Å². The van der Waals surface area contributed by atoms with Crippen LogP contribution in [0, 0.1) is 6.92 Å². The van der Waals surface area contributed by atoms with Crippen LogP contribution < -0.4 is 11.1 Å². The van der Waals surface area contributed by atoms with Gasteiger partial charge in [0, 0.05) is 23.6 Å². The standard InChI is InChI=1S/C12H16ClN3O2/c1-8-5-9(7-10(13)6-8)12(17)15-4-2-3-11(14)16-18/h5-7,18H,2-4H2,1H3,(H2,14,16)(H,15,17). The van der Waals surface area contributed by atoms with Gasteiger partial charge >= 0.3 is 0 Å². The molecular weight excluding hydrogens is 254 g/mol. The second-order valence-electron chi connectivity index (χ2n) is 3.97. The number of benzene rings is 1. The van der Waals surface area contributed by atoms with Crippen LogP contribution in [0.2, 0.25) is 5.02 Å². The lowest BCUT2D eigenvalue weighted by molar-refractivity contribution is 0.0953. The molecule has 0 aliphatic rings. The number of hydrogen-bond donors (Lipinski definition) is 3. The van der Waals surface area contributed by atoms with Gasteiger partial charge in [-0.25, -0.2) is 0 Å². The lowest BCUT2D eigenvalue weighted by atomic mass is 10.1. The summed E-state index contributed by atoms with van der Waals surface area (Å²) in [7, 11) is 0. The molecule has 18 heavy (non-hydrogen) atoms. The van der Waals surface area contributed by atoms with E-state index >= 15 is 0 Å². The molecule has 0 unspecified atom stereocenters. The van der Waals surface area contributed by atoms with E-state index in [9.17, 15) is 4.79 Å². The largest absolute Gasteiger partial charge is 0.409 e. The van der Waals surface area contributed by atoms with Gasteiger partial charge < -0.3 is 16.3 Å². The molecule has 1 aromatic carbocycles. The molecule has 1 rings (SSSR count). The summed E-state index contributed by atoms with van der Waals surface area (Å²) < 4.78 is 0. The fraction of sp³-hybridized carbons (Fsp3) is 0.333. The van der Waals surface area contributed by atoms with Crippen LogP contribution in [-0.4, -0.2) is 23.5 Å². The van der Waals surface area contributed by atoms with E-state index in [-0.39, 0.29) is 11.7 Å². The molecule has 6 heteroatoms. The lowest BCUT2D eigenvalue weighted by Crippen LogP contribution is -2.25. The number of nitrogens with two attached hydrogens (primary N) is 1. The van der Waals surface area contributed by atoms with Crippen molar-refractivity contribution in [1.29, 1.82) is 0 Å². The first kappa shape index (κ1) is 14.3. The minimum Gasteiger partial charge on any atom is -0.409 e. The van der Waals surface area contributed by atoms with Crippen molar-refractivity contribution >= 4 is 23.3 Å². The molecule has 98 valence electrons. The third kappa shape index (κ3) is 4.63. The predicted octanol–water partition coefficient (Wildman–Crippen LogP) is 1.90. The molecule has 0 spiro atoms. The normalized spacial score (nSPS) is 11.3. The van der Waals surface area contributed by atoms with Crippen LogP contribution in [-0.2, 0) is 0 Å². The molecule has 0 aliphatic carbocycles. The van der Waals surface area contributed by atoms with Crippen LogP contribution >= 0.6 is 11.6 Å². The van der Waals surface area contributed by atoms with Crippen LogP contribution in [0.3, 0.4) is 0 Å². The number of oxime groups is 1. The molecule has 1 amide bonds. The van der Waals surface area contributed by atoms with Gasteiger partial charge in [-0.05, 0) is 37.1 Å². The number of amides is 1. The summed E-state index contributed by atoms with van der Waals surface area (Å²) >= 11 is 5.88. The SMILES string of the molecule is Cc1cc(Cl)cc(C(=O)NCCC/C(N)=N/O)c1. The number of amidine groups is 1. The summed E-state index contributed by atoms with van der Waals surface area (Å²) in [5, 5.41) is 14.5. The molecule has 5 nitrogen and oxygen atoms in total. The Kier molecular flexibility index (Phi) is 5.45.